The van der Waals surface area contributed by atoms with Gasteiger partial charge in [0.25, 0.3) is 0 Å². The Kier molecular flexibility index (Phi) is 9.31. The van der Waals surface area contributed by atoms with Crippen molar-refractivity contribution in [2.75, 3.05) is 13.2 Å². The van der Waals surface area contributed by atoms with Gasteiger partial charge in [0.05, 0.1) is 17.2 Å². The molecule has 206 valence electrons. The Labute approximate surface area is 235 Å². The number of ketones is 2. The van der Waals surface area contributed by atoms with Crippen LogP contribution < -0.4 is 9.47 Å². The number of rotatable bonds is 12. The molecule has 0 amide bonds. The van der Waals surface area contributed by atoms with E-state index in [1.807, 2.05) is 0 Å². The largest absolute Gasteiger partial charge is 0.507 e. The molecule has 4 aromatic carbocycles. The normalized spacial score (nSPS) is 10.4. The van der Waals surface area contributed by atoms with Crippen LogP contribution in [-0.2, 0) is 9.53 Å². The lowest BCUT2D eigenvalue weighted by Gasteiger charge is -2.19. The lowest BCUT2D eigenvalue weighted by atomic mass is 10.0. The van der Waals surface area contributed by atoms with Gasteiger partial charge in [-0.3, -0.25) is 14.4 Å². The molecule has 0 fully saturated rings. The molecular formula is C32H25NO8. The van der Waals surface area contributed by atoms with E-state index >= 15 is 0 Å². The SMILES string of the molecule is N#CCC(=O)OC(COc1ccc(C(=O)c2ccccc2)c(O)c1)COc1ccc(C(=O)c2ccccc2)c(O)c1. The molecule has 0 aliphatic heterocycles. The molecule has 0 unspecified atom stereocenters. The molecule has 0 spiro atoms. The molecule has 0 heterocycles. The highest BCUT2D eigenvalue weighted by Gasteiger charge is 2.20. The number of carbonyl (C=O) groups is 3. The third-order valence-electron chi connectivity index (χ3n) is 5.89. The average molecular weight is 552 g/mol. The highest BCUT2D eigenvalue weighted by Crippen LogP contribution is 2.28. The zero-order valence-corrected chi connectivity index (χ0v) is 21.7. The molecular weight excluding hydrogens is 526 g/mol. The summed E-state index contributed by atoms with van der Waals surface area (Å²) in [5.41, 5.74) is 1.03. The van der Waals surface area contributed by atoms with E-state index in [1.165, 1.54) is 36.4 Å². The number of phenols is 2. The fourth-order valence-corrected chi connectivity index (χ4v) is 3.86. The summed E-state index contributed by atoms with van der Waals surface area (Å²) >= 11 is 0. The van der Waals surface area contributed by atoms with Crippen LogP contribution >= 0.6 is 0 Å². The van der Waals surface area contributed by atoms with Crippen LogP contribution in [0.1, 0.15) is 38.3 Å². The van der Waals surface area contributed by atoms with Crippen LogP contribution in [0, 0.1) is 11.3 Å². The van der Waals surface area contributed by atoms with Crippen LogP contribution in [0.25, 0.3) is 0 Å². The van der Waals surface area contributed by atoms with E-state index < -0.39 is 18.5 Å². The molecule has 2 N–H and O–H groups in total. The standard InChI is InChI=1S/C32H25NO8/c33-16-15-30(36)41-25(19-39-23-11-13-26(28(34)17-23)31(37)21-7-3-1-4-8-21)20-40-24-12-14-27(29(35)18-24)32(38)22-9-5-2-6-10-22/h1-14,17-18,25,34-35H,15,19-20H2. The maximum absolute atomic E-state index is 12.7. The Balaban J connectivity index is 1.41. The number of aromatic hydroxyl groups is 2. The van der Waals surface area contributed by atoms with Gasteiger partial charge in [0, 0.05) is 23.3 Å². The maximum atomic E-state index is 12.7. The fraction of sp³-hybridized carbons (Fsp3) is 0.125. The second-order valence-corrected chi connectivity index (χ2v) is 8.82. The summed E-state index contributed by atoms with van der Waals surface area (Å²) in [7, 11) is 0. The molecule has 9 heteroatoms. The van der Waals surface area contributed by atoms with Crippen LogP contribution in [0.5, 0.6) is 23.0 Å². The van der Waals surface area contributed by atoms with Crippen molar-refractivity contribution < 1.29 is 38.8 Å². The number of nitrogens with zero attached hydrogens (tertiary/aromatic N) is 1. The summed E-state index contributed by atoms with van der Waals surface area (Å²) in [6.45, 7) is -0.418. The monoisotopic (exact) mass is 551 g/mol. The van der Waals surface area contributed by atoms with Crippen molar-refractivity contribution in [3.05, 3.63) is 119 Å². The highest BCUT2D eigenvalue weighted by atomic mass is 16.6. The highest BCUT2D eigenvalue weighted by molar-refractivity contribution is 6.11. The summed E-state index contributed by atoms with van der Waals surface area (Å²) in [6, 6.07) is 27.1. The molecule has 4 aromatic rings. The smallest absolute Gasteiger partial charge is 0.320 e. The van der Waals surface area contributed by atoms with E-state index in [2.05, 4.69) is 0 Å². The van der Waals surface area contributed by atoms with Crippen LogP contribution in [0.2, 0.25) is 0 Å². The quantitative estimate of drug-likeness (QED) is 0.187. The number of hydrogen-bond donors (Lipinski definition) is 2. The second kappa shape index (κ2) is 13.4. The first-order valence-electron chi connectivity index (χ1n) is 12.5. The Morgan fingerprint density at radius 1 is 0.683 bits per heavy atom. The first-order chi connectivity index (χ1) is 19.9. The third-order valence-corrected chi connectivity index (χ3v) is 5.89. The minimum absolute atomic E-state index is 0.0953. The molecule has 0 saturated carbocycles. The molecule has 0 radical (unpaired) electrons. The van der Waals surface area contributed by atoms with Gasteiger partial charge in [0.15, 0.2) is 17.7 Å². The Morgan fingerprint density at radius 3 is 1.51 bits per heavy atom. The molecule has 0 aliphatic carbocycles. The van der Waals surface area contributed by atoms with E-state index in [9.17, 15) is 24.6 Å². The lowest BCUT2D eigenvalue weighted by molar-refractivity contribution is -0.151. The van der Waals surface area contributed by atoms with Crippen molar-refractivity contribution in [3.8, 4) is 29.1 Å². The first kappa shape index (κ1) is 28.4. The summed E-state index contributed by atoms with van der Waals surface area (Å²) in [4.78, 5) is 37.3. The number of nitriles is 1. The molecule has 0 atom stereocenters. The predicted octanol–water partition coefficient (Wildman–Crippen LogP) is 4.84. The van der Waals surface area contributed by atoms with E-state index in [0.717, 1.165) is 0 Å². The molecule has 0 aromatic heterocycles. The van der Waals surface area contributed by atoms with Gasteiger partial charge < -0.3 is 24.4 Å². The van der Waals surface area contributed by atoms with Crippen LogP contribution in [0.4, 0.5) is 0 Å². The van der Waals surface area contributed by atoms with E-state index in [-0.39, 0.29) is 58.9 Å². The predicted molar refractivity (Wildman–Crippen MR) is 147 cm³/mol. The van der Waals surface area contributed by atoms with Crippen molar-refractivity contribution in [1.82, 2.24) is 0 Å². The van der Waals surface area contributed by atoms with Crippen LogP contribution in [-0.4, -0.2) is 47.1 Å². The Morgan fingerprint density at radius 2 is 1.12 bits per heavy atom. The summed E-state index contributed by atoms with van der Waals surface area (Å²) in [5.74, 6) is -1.66. The molecule has 9 nitrogen and oxygen atoms in total. The van der Waals surface area contributed by atoms with Gasteiger partial charge >= 0.3 is 5.97 Å². The topological polar surface area (TPSA) is 143 Å². The number of phenolic OH excluding ortho intramolecular Hbond substituents is 2. The van der Waals surface area contributed by atoms with Crippen molar-refractivity contribution in [2.24, 2.45) is 0 Å². The Hall–Kier alpha value is -5.62. The van der Waals surface area contributed by atoms with E-state index in [4.69, 9.17) is 19.5 Å². The van der Waals surface area contributed by atoms with Gasteiger partial charge in [-0.05, 0) is 24.3 Å². The van der Waals surface area contributed by atoms with Gasteiger partial charge in [-0.15, -0.1) is 0 Å². The number of hydrogen-bond acceptors (Lipinski definition) is 9. The molecule has 0 bridgehead atoms. The van der Waals surface area contributed by atoms with Crippen molar-refractivity contribution >= 4 is 17.5 Å². The van der Waals surface area contributed by atoms with Crippen LogP contribution in [0.3, 0.4) is 0 Å². The minimum atomic E-state index is -0.976. The zero-order chi connectivity index (χ0) is 29.2. The van der Waals surface area contributed by atoms with E-state index in [1.54, 1.807) is 66.7 Å². The molecule has 0 aliphatic rings. The fourth-order valence-electron chi connectivity index (χ4n) is 3.86. The van der Waals surface area contributed by atoms with Gasteiger partial charge in [0.2, 0.25) is 0 Å². The Bertz CT molecular complexity index is 1470. The van der Waals surface area contributed by atoms with Crippen molar-refractivity contribution in [3.63, 3.8) is 0 Å². The number of carbonyl (C=O) groups excluding carboxylic acids is 3. The minimum Gasteiger partial charge on any atom is -0.507 e. The number of esters is 1. The van der Waals surface area contributed by atoms with Crippen molar-refractivity contribution in [2.45, 2.75) is 12.5 Å². The number of benzene rings is 4. The second-order valence-electron chi connectivity index (χ2n) is 8.82. The van der Waals surface area contributed by atoms with Gasteiger partial charge in [-0.2, -0.15) is 5.26 Å². The van der Waals surface area contributed by atoms with E-state index in [0.29, 0.717) is 11.1 Å². The molecule has 4 rings (SSSR count). The van der Waals surface area contributed by atoms with Gasteiger partial charge in [0.1, 0.15) is 42.6 Å². The van der Waals surface area contributed by atoms with Crippen molar-refractivity contribution in [1.29, 1.82) is 5.26 Å². The van der Waals surface area contributed by atoms with Gasteiger partial charge in [-0.25, -0.2) is 0 Å². The average Bonchev–Trinajstić information content (AvgIpc) is 2.99. The zero-order valence-electron chi connectivity index (χ0n) is 21.7. The summed E-state index contributed by atoms with van der Waals surface area (Å²) < 4.78 is 16.6. The first-order valence-corrected chi connectivity index (χ1v) is 12.5. The summed E-state index contributed by atoms with van der Waals surface area (Å²) in [6.07, 6.45) is -1.46. The maximum Gasteiger partial charge on any atom is 0.320 e. The molecule has 0 saturated heterocycles. The van der Waals surface area contributed by atoms with Crippen LogP contribution in [0.15, 0.2) is 97.1 Å². The molecule has 41 heavy (non-hydrogen) atoms. The number of ether oxygens (including phenoxy) is 3. The summed E-state index contributed by atoms with van der Waals surface area (Å²) in [5, 5.41) is 29.7. The lowest BCUT2D eigenvalue weighted by Crippen LogP contribution is -2.31. The van der Waals surface area contributed by atoms with Gasteiger partial charge in [-0.1, -0.05) is 60.7 Å². The third kappa shape index (κ3) is 7.49.